The van der Waals surface area contributed by atoms with Gasteiger partial charge in [0.25, 0.3) is 0 Å². The van der Waals surface area contributed by atoms with Gasteiger partial charge in [0.15, 0.2) is 0 Å². The molecule has 2 aromatic rings. The van der Waals surface area contributed by atoms with Crippen LogP contribution in [0.1, 0.15) is 36.9 Å². The van der Waals surface area contributed by atoms with Crippen molar-refractivity contribution in [1.82, 2.24) is 15.1 Å². The topological polar surface area (TPSA) is 79.2 Å². The fourth-order valence-corrected chi connectivity index (χ4v) is 3.46. The zero-order valence-corrected chi connectivity index (χ0v) is 14.6. The van der Waals surface area contributed by atoms with Gasteiger partial charge in [-0.2, -0.15) is 5.10 Å². The second kappa shape index (κ2) is 8.16. The fourth-order valence-electron chi connectivity index (χ4n) is 3.46. The minimum atomic E-state index is -0.237. The molecule has 2 amide bonds. The van der Waals surface area contributed by atoms with E-state index in [-0.39, 0.29) is 24.6 Å². The number of carbonyl (C=O) groups is 1. The third kappa shape index (κ3) is 4.60. The average molecular weight is 342 g/mol. The molecule has 0 radical (unpaired) electrons. The molecule has 0 saturated heterocycles. The maximum Gasteiger partial charge on any atom is 0.320 e. The number of hydrogen-bond acceptors (Lipinski definition) is 3. The number of aromatic nitrogens is 2. The maximum absolute atomic E-state index is 12.4. The van der Waals surface area contributed by atoms with Gasteiger partial charge in [-0.15, -0.1) is 0 Å². The number of nitrogens with zero attached hydrogens (tertiary/aromatic N) is 2. The molecule has 6 nitrogen and oxygen atoms in total. The highest BCUT2D eigenvalue weighted by Crippen LogP contribution is 2.24. The normalized spacial score (nSPS) is 20.2. The van der Waals surface area contributed by atoms with Crippen molar-refractivity contribution in [2.75, 3.05) is 11.9 Å². The Morgan fingerprint density at radius 1 is 1.28 bits per heavy atom. The molecule has 3 rings (SSSR count). The summed E-state index contributed by atoms with van der Waals surface area (Å²) in [5.74, 6) is 0.825. The van der Waals surface area contributed by atoms with E-state index in [1.807, 2.05) is 43.3 Å². The SMILES string of the molecule is Cc1cc(NC(=O)NC2CCCCC2CO)n(Cc2ccccc2)n1. The molecule has 25 heavy (non-hydrogen) atoms. The first-order valence-corrected chi connectivity index (χ1v) is 8.92. The lowest BCUT2D eigenvalue weighted by atomic mass is 9.85. The summed E-state index contributed by atoms with van der Waals surface area (Å²) in [7, 11) is 0. The molecular weight excluding hydrogens is 316 g/mol. The Kier molecular flexibility index (Phi) is 5.71. The van der Waals surface area contributed by atoms with Crippen LogP contribution in [0.25, 0.3) is 0 Å². The molecule has 1 heterocycles. The van der Waals surface area contributed by atoms with E-state index in [9.17, 15) is 9.90 Å². The number of aryl methyl sites for hydroxylation is 1. The lowest BCUT2D eigenvalue weighted by molar-refractivity contribution is 0.156. The molecule has 1 aromatic heterocycles. The molecule has 1 aliphatic rings. The van der Waals surface area contributed by atoms with Crippen LogP contribution in [0, 0.1) is 12.8 Å². The van der Waals surface area contributed by atoms with Crippen molar-refractivity contribution in [3.63, 3.8) is 0 Å². The third-order valence-corrected chi connectivity index (χ3v) is 4.78. The maximum atomic E-state index is 12.4. The molecule has 2 atom stereocenters. The van der Waals surface area contributed by atoms with E-state index >= 15 is 0 Å². The lowest BCUT2D eigenvalue weighted by Gasteiger charge is -2.30. The van der Waals surface area contributed by atoms with Gasteiger partial charge in [0.1, 0.15) is 5.82 Å². The molecule has 0 aliphatic heterocycles. The zero-order valence-electron chi connectivity index (χ0n) is 14.6. The highest BCUT2D eigenvalue weighted by molar-refractivity contribution is 5.88. The van der Waals surface area contributed by atoms with Crippen LogP contribution in [0.5, 0.6) is 0 Å². The van der Waals surface area contributed by atoms with Gasteiger partial charge in [-0.3, -0.25) is 5.32 Å². The van der Waals surface area contributed by atoms with E-state index in [0.717, 1.165) is 36.9 Å². The predicted molar refractivity (Wildman–Crippen MR) is 97.5 cm³/mol. The molecule has 3 N–H and O–H groups in total. The second-order valence-corrected chi connectivity index (χ2v) is 6.75. The Morgan fingerprint density at radius 3 is 2.80 bits per heavy atom. The van der Waals surface area contributed by atoms with Crippen molar-refractivity contribution in [2.24, 2.45) is 5.92 Å². The smallest absolute Gasteiger partial charge is 0.320 e. The molecule has 0 bridgehead atoms. The largest absolute Gasteiger partial charge is 0.396 e. The zero-order chi connectivity index (χ0) is 17.6. The summed E-state index contributed by atoms with van der Waals surface area (Å²) in [4.78, 5) is 12.4. The Morgan fingerprint density at radius 2 is 2.04 bits per heavy atom. The number of anilines is 1. The van der Waals surface area contributed by atoms with Gasteiger partial charge in [-0.05, 0) is 25.3 Å². The predicted octanol–water partition coefficient (Wildman–Crippen LogP) is 2.91. The summed E-state index contributed by atoms with van der Waals surface area (Å²) in [6, 6.07) is 11.7. The average Bonchev–Trinajstić information content (AvgIpc) is 2.95. The standard InChI is InChI=1S/C19H26N4O2/c1-14-11-18(23(22-14)12-15-7-3-2-4-8-15)21-19(25)20-17-10-6-5-9-16(17)13-24/h2-4,7-8,11,16-17,24H,5-6,9-10,12-13H2,1H3,(H2,20,21,25). The van der Waals surface area contributed by atoms with Gasteiger partial charge in [-0.1, -0.05) is 43.2 Å². The molecule has 2 unspecified atom stereocenters. The van der Waals surface area contributed by atoms with E-state index in [1.54, 1.807) is 4.68 Å². The Hall–Kier alpha value is -2.34. The van der Waals surface area contributed by atoms with Gasteiger partial charge >= 0.3 is 6.03 Å². The molecular formula is C19H26N4O2. The number of rotatable bonds is 5. The Balaban J connectivity index is 1.65. The number of benzene rings is 1. The molecule has 1 aliphatic carbocycles. The van der Waals surface area contributed by atoms with Crippen molar-refractivity contribution in [3.8, 4) is 0 Å². The quantitative estimate of drug-likeness (QED) is 0.782. The number of amides is 2. The summed E-state index contributed by atoms with van der Waals surface area (Å²) < 4.78 is 1.80. The summed E-state index contributed by atoms with van der Waals surface area (Å²) >= 11 is 0. The summed E-state index contributed by atoms with van der Waals surface area (Å²) in [5, 5.41) is 19.9. The van der Waals surface area contributed by atoms with Gasteiger partial charge in [0.05, 0.1) is 12.2 Å². The first-order chi connectivity index (χ1) is 12.2. The van der Waals surface area contributed by atoms with Gasteiger partial charge < -0.3 is 10.4 Å². The molecule has 1 aromatic carbocycles. The van der Waals surface area contributed by atoms with Crippen LogP contribution in [0.2, 0.25) is 0 Å². The van der Waals surface area contributed by atoms with Gasteiger partial charge in [0.2, 0.25) is 0 Å². The van der Waals surface area contributed by atoms with Gasteiger partial charge in [0, 0.05) is 24.6 Å². The number of carbonyl (C=O) groups excluding carboxylic acids is 1. The molecule has 6 heteroatoms. The first-order valence-electron chi connectivity index (χ1n) is 8.92. The number of aliphatic hydroxyl groups excluding tert-OH is 1. The van der Waals surface area contributed by atoms with Crippen LogP contribution >= 0.6 is 0 Å². The fraction of sp³-hybridized carbons (Fsp3) is 0.474. The van der Waals surface area contributed by atoms with E-state index in [2.05, 4.69) is 15.7 Å². The molecule has 1 fully saturated rings. The minimum absolute atomic E-state index is 0.0327. The highest BCUT2D eigenvalue weighted by atomic mass is 16.3. The van der Waals surface area contributed by atoms with Crippen LogP contribution < -0.4 is 10.6 Å². The van der Waals surface area contributed by atoms with Crippen LogP contribution in [-0.2, 0) is 6.54 Å². The van der Waals surface area contributed by atoms with Gasteiger partial charge in [-0.25, -0.2) is 9.48 Å². The van der Waals surface area contributed by atoms with E-state index in [4.69, 9.17) is 0 Å². The van der Waals surface area contributed by atoms with Crippen LogP contribution in [-0.4, -0.2) is 33.6 Å². The van der Waals surface area contributed by atoms with Crippen molar-refractivity contribution in [3.05, 3.63) is 47.7 Å². The summed E-state index contributed by atoms with van der Waals surface area (Å²) in [6.45, 7) is 2.64. The number of urea groups is 1. The third-order valence-electron chi connectivity index (χ3n) is 4.78. The van der Waals surface area contributed by atoms with E-state index in [1.165, 1.54) is 0 Å². The van der Waals surface area contributed by atoms with Crippen molar-refractivity contribution < 1.29 is 9.90 Å². The number of aliphatic hydroxyl groups is 1. The van der Waals surface area contributed by atoms with Crippen molar-refractivity contribution in [2.45, 2.75) is 45.2 Å². The molecule has 0 spiro atoms. The summed E-state index contributed by atoms with van der Waals surface area (Å²) in [6.07, 6.45) is 4.09. The second-order valence-electron chi connectivity index (χ2n) is 6.75. The lowest BCUT2D eigenvalue weighted by Crippen LogP contribution is -2.45. The molecule has 134 valence electrons. The van der Waals surface area contributed by atoms with E-state index in [0.29, 0.717) is 12.4 Å². The van der Waals surface area contributed by atoms with Crippen molar-refractivity contribution in [1.29, 1.82) is 0 Å². The Bertz CT molecular complexity index is 699. The van der Waals surface area contributed by atoms with E-state index < -0.39 is 0 Å². The number of nitrogens with one attached hydrogen (secondary N) is 2. The van der Waals surface area contributed by atoms with Crippen LogP contribution in [0.4, 0.5) is 10.6 Å². The van der Waals surface area contributed by atoms with Crippen LogP contribution in [0.3, 0.4) is 0 Å². The Labute approximate surface area is 148 Å². The first kappa shape index (κ1) is 17.5. The summed E-state index contributed by atoms with van der Waals surface area (Å²) in [5.41, 5.74) is 1.99. The number of hydrogen-bond donors (Lipinski definition) is 3. The van der Waals surface area contributed by atoms with Crippen LogP contribution in [0.15, 0.2) is 36.4 Å². The molecule has 1 saturated carbocycles. The monoisotopic (exact) mass is 342 g/mol. The minimum Gasteiger partial charge on any atom is -0.396 e. The highest BCUT2D eigenvalue weighted by Gasteiger charge is 2.26. The van der Waals surface area contributed by atoms with Crippen molar-refractivity contribution >= 4 is 11.8 Å².